The zero-order chi connectivity index (χ0) is 25.8. The minimum absolute atomic E-state index is 0.103. The topological polar surface area (TPSA) is 111 Å². The summed E-state index contributed by atoms with van der Waals surface area (Å²) in [6.07, 6.45) is 3.45. The van der Waals surface area contributed by atoms with Crippen LogP contribution in [-0.2, 0) is 0 Å². The summed E-state index contributed by atoms with van der Waals surface area (Å²) in [4.78, 5) is 40.9. The van der Waals surface area contributed by atoms with Crippen molar-refractivity contribution in [1.82, 2.24) is 35.4 Å². The summed E-state index contributed by atoms with van der Waals surface area (Å²) in [6, 6.07) is 9.27. The highest BCUT2D eigenvalue weighted by Crippen LogP contribution is 2.31. The van der Waals surface area contributed by atoms with Crippen LogP contribution < -0.4 is 15.3 Å². The van der Waals surface area contributed by atoms with Crippen molar-refractivity contribution in [3.63, 3.8) is 0 Å². The number of nitrogens with zero attached hydrogens (tertiary/aromatic N) is 8. The van der Waals surface area contributed by atoms with Crippen LogP contribution in [0.3, 0.4) is 0 Å². The van der Waals surface area contributed by atoms with Gasteiger partial charge in [0.2, 0.25) is 0 Å². The number of carbonyl (C=O) groups excluding carboxylic acids is 2. The molecule has 3 aromatic heterocycles. The number of aromatic nitrogens is 4. The molecule has 2 aliphatic heterocycles. The van der Waals surface area contributed by atoms with Crippen LogP contribution in [0.1, 0.15) is 34.3 Å². The molecule has 2 fully saturated rings. The summed E-state index contributed by atoms with van der Waals surface area (Å²) in [7, 11) is 1.67. The first-order valence-corrected chi connectivity index (χ1v) is 13.4. The van der Waals surface area contributed by atoms with Crippen LogP contribution in [-0.4, -0.2) is 88.2 Å². The summed E-state index contributed by atoms with van der Waals surface area (Å²) >= 11 is 7.25. The number of anilines is 2. The van der Waals surface area contributed by atoms with Crippen LogP contribution in [0.15, 0.2) is 41.9 Å². The fourth-order valence-corrected chi connectivity index (χ4v) is 5.59. The molecule has 194 valence electrons. The van der Waals surface area contributed by atoms with E-state index in [9.17, 15) is 9.59 Å². The van der Waals surface area contributed by atoms with Crippen molar-refractivity contribution in [3.8, 4) is 0 Å². The number of carbonyl (C=O) groups is 2. The molecule has 13 heteroatoms. The Labute approximate surface area is 224 Å². The third-order valence-corrected chi connectivity index (χ3v) is 7.83. The molecule has 0 spiro atoms. The van der Waals surface area contributed by atoms with Crippen molar-refractivity contribution >= 4 is 46.5 Å². The van der Waals surface area contributed by atoms with Crippen molar-refractivity contribution < 1.29 is 9.59 Å². The lowest BCUT2D eigenvalue weighted by Gasteiger charge is -2.39. The molecule has 0 unspecified atom stereocenters. The fourth-order valence-electron chi connectivity index (χ4n) is 4.52. The summed E-state index contributed by atoms with van der Waals surface area (Å²) in [5, 5.41) is 12.2. The number of likely N-dealkylation sites (tertiary alicyclic amines) is 1. The van der Waals surface area contributed by atoms with Gasteiger partial charge in [0, 0.05) is 63.8 Å². The second kappa shape index (κ2) is 11.3. The molecule has 0 aromatic carbocycles. The maximum atomic E-state index is 13.1. The van der Waals surface area contributed by atoms with E-state index in [1.54, 1.807) is 30.8 Å². The molecule has 11 nitrogen and oxygen atoms in total. The number of amides is 3. The zero-order valence-electron chi connectivity index (χ0n) is 20.5. The Bertz CT molecular complexity index is 1210. The zero-order valence-corrected chi connectivity index (χ0v) is 22.0. The highest BCUT2D eigenvalue weighted by atomic mass is 35.5. The summed E-state index contributed by atoms with van der Waals surface area (Å²) in [6.45, 7) is 4.31. The van der Waals surface area contributed by atoms with Crippen LogP contribution in [0.4, 0.5) is 16.4 Å². The van der Waals surface area contributed by atoms with Crippen LogP contribution in [0.5, 0.6) is 0 Å². The number of hydrogen-bond donors (Lipinski definition) is 1. The molecule has 37 heavy (non-hydrogen) atoms. The number of piperazine rings is 1. The molecule has 0 radical (unpaired) electrons. The van der Waals surface area contributed by atoms with E-state index in [1.807, 2.05) is 28.0 Å². The summed E-state index contributed by atoms with van der Waals surface area (Å²) in [5.41, 5.74) is 3.11. The molecule has 1 N–H and O–H groups in total. The third-order valence-electron chi connectivity index (χ3n) is 6.62. The Morgan fingerprint density at radius 1 is 1.03 bits per heavy atom. The predicted octanol–water partition coefficient (Wildman–Crippen LogP) is 2.88. The normalized spacial score (nSPS) is 16.5. The first-order chi connectivity index (χ1) is 18.0. The molecular formula is C24H28ClN9O2S. The molecule has 3 aromatic rings. The second-order valence-corrected chi connectivity index (χ2v) is 10.3. The van der Waals surface area contributed by atoms with Crippen LogP contribution in [0.2, 0.25) is 5.15 Å². The molecule has 5 heterocycles. The first-order valence-electron chi connectivity index (χ1n) is 12.2. The monoisotopic (exact) mass is 541 g/mol. The number of piperidine rings is 1. The van der Waals surface area contributed by atoms with Gasteiger partial charge >= 0.3 is 6.03 Å². The van der Waals surface area contributed by atoms with E-state index in [0.717, 1.165) is 36.8 Å². The lowest BCUT2D eigenvalue weighted by atomic mass is 9.98. The van der Waals surface area contributed by atoms with E-state index in [2.05, 4.69) is 30.5 Å². The van der Waals surface area contributed by atoms with Gasteiger partial charge in [-0.05, 0) is 37.1 Å². The Kier molecular flexibility index (Phi) is 7.65. The molecule has 5 rings (SSSR count). The van der Waals surface area contributed by atoms with Gasteiger partial charge in [0.05, 0.1) is 5.01 Å². The molecule has 0 aliphatic carbocycles. The minimum Gasteiger partial charge on any atom is -0.353 e. The van der Waals surface area contributed by atoms with E-state index in [0.29, 0.717) is 37.7 Å². The third kappa shape index (κ3) is 5.91. The minimum atomic E-state index is -0.320. The predicted molar refractivity (Wildman–Crippen MR) is 142 cm³/mol. The highest BCUT2D eigenvalue weighted by molar-refractivity contribution is 7.09. The van der Waals surface area contributed by atoms with Crippen molar-refractivity contribution in [3.05, 3.63) is 57.8 Å². The molecule has 0 saturated carbocycles. The smallest absolute Gasteiger partial charge is 0.320 e. The van der Waals surface area contributed by atoms with E-state index in [1.165, 1.54) is 16.3 Å². The van der Waals surface area contributed by atoms with Crippen LogP contribution in [0.25, 0.3) is 0 Å². The number of hydrazine groups is 1. The Balaban J connectivity index is 1.10. The fraction of sp³-hybridized carbons (Fsp3) is 0.417. The van der Waals surface area contributed by atoms with Gasteiger partial charge in [-0.1, -0.05) is 17.7 Å². The van der Waals surface area contributed by atoms with Gasteiger partial charge in [-0.15, -0.1) is 21.5 Å². The van der Waals surface area contributed by atoms with E-state index in [-0.39, 0.29) is 23.0 Å². The molecule has 0 bridgehead atoms. The Morgan fingerprint density at radius 3 is 2.46 bits per heavy atom. The largest absolute Gasteiger partial charge is 0.353 e. The van der Waals surface area contributed by atoms with Gasteiger partial charge in [0.25, 0.3) is 5.91 Å². The highest BCUT2D eigenvalue weighted by Gasteiger charge is 2.30. The van der Waals surface area contributed by atoms with Gasteiger partial charge in [-0.2, -0.15) is 0 Å². The lowest BCUT2D eigenvalue weighted by Crippen LogP contribution is -2.54. The van der Waals surface area contributed by atoms with Crippen molar-refractivity contribution in [2.45, 2.75) is 18.8 Å². The van der Waals surface area contributed by atoms with E-state index in [4.69, 9.17) is 11.6 Å². The summed E-state index contributed by atoms with van der Waals surface area (Å²) < 4.78 is 0. The number of nitrogens with one attached hydrogen (secondary N) is 1. The van der Waals surface area contributed by atoms with Crippen molar-refractivity contribution in [2.75, 3.05) is 56.2 Å². The average Bonchev–Trinajstić information content (AvgIpc) is 3.44. The molecule has 2 saturated heterocycles. The lowest BCUT2D eigenvalue weighted by molar-refractivity contribution is 0.0946. The SMILES string of the molecule is CN(NC(=O)c1csc(C2CCN(C(=O)N3CCN(c4ccccn4)CC3)CC2)n1)c1ccc(Cl)nn1. The molecule has 2 aliphatic rings. The molecule has 3 amide bonds. The molecular weight excluding hydrogens is 514 g/mol. The first kappa shape index (κ1) is 25.2. The van der Waals surface area contributed by atoms with E-state index < -0.39 is 0 Å². The maximum Gasteiger partial charge on any atom is 0.320 e. The quantitative estimate of drug-likeness (QED) is 0.491. The summed E-state index contributed by atoms with van der Waals surface area (Å²) in [5.74, 6) is 1.33. The number of thiazole rings is 1. The van der Waals surface area contributed by atoms with Gasteiger partial charge in [0.15, 0.2) is 11.0 Å². The Hall–Kier alpha value is -3.51. The van der Waals surface area contributed by atoms with Crippen LogP contribution >= 0.6 is 22.9 Å². The van der Waals surface area contributed by atoms with Gasteiger partial charge in [-0.3, -0.25) is 15.2 Å². The number of halogens is 1. The number of urea groups is 1. The van der Waals surface area contributed by atoms with Gasteiger partial charge in [0.1, 0.15) is 11.5 Å². The number of pyridine rings is 1. The molecule has 0 atom stereocenters. The van der Waals surface area contributed by atoms with Gasteiger partial charge in [-0.25, -0.2) is 14.8 Å². The maximum absolute atomic E-state index is 13.1. The number of hydrogen-bond acceptors (Lipinski definition) is 9. The van der Waals surface area contributed by atoms with E-state index >= 15 is 0 Å². The van der Waals surface area contributed by atoms with Crippen molar-refractivity contribution in [2.24, 2.45) is 0 Å². The standard InChI is InChI=1S/C24H28ClN9O2S/c1-31(21-6-5-19(25)28-29-21)30-22(35)18-16-37-23(27-18)17-7-10-33(11-8-17)24(36)34-14-12-32(13-15-34)20-4-2-3-9-26-20/h2-6,9,16-17H,7-8,10-15H2,1H3,(H,30,35). The van der Waals surface area contributed by atoms with Crippen molar-refractivity contribution in [1.29, 1.82) is 0 Å². The number of rotatable bonds is 5. The van der Waals surface area contributed by atoms with Gasteiger partial charge < -0.3 is 14.7 Å². The average molecular weight is 542 g/mol. The Morgan fingerprint density at radius 2 is 1.78 bits per heavy atom. The second-order valence-electron chi connectivity index (χ2n) is 8.99. The van der Waals surface area contributed by atoms with Crippen LogP contribution in [0, 0.1) is 0 Å².